The minimum atomic E-state index is -0.285. The summed E-state index contributed by atoms with van der Waals surface area (Å²) in [5.41, 5.74) is 2.56. The van der Waals surface area contributed by atoms with Crippen molar-refractivity contribution >= 4 is 0 Å². The summed E-state index contributed by atoms with van der Waals surface area (Å²) in [5.74, 6) is 1.31. The molecule has 3 aliphatic rings. The van der Waals surface area contributed by atoms with Crippen LogP contribution in [0.15, 0.2) is 47.6 Å². The molecular weight excluding hydrogens is 244 g/mol. The summed E-state index contributed by atoms with van der Waals surface area (Å²) in [4.78, 5) is 0. The van der Waals surface area contributed by atoms with Crippen LogP contribution in [-0.4, -0.2) is 11.2 Å². The van der Waals surface area contributed by atoms with E-state index in [4.69, 9.17) is 0 Å². The molecule has 0 aromatic heterocycles. The van der Waals surface area contributed by atoms with E-state index in [1.807, 2.05) is 0 Å². The lowest BCUT2D eigenvalue weighted by molar-refractivity contribution is 0.252. The second-order valence-electron chi connectivity index (χ2n) is 6.47. The summed E-state index contributed by atoms with van der Waals surface area (Å²) < 4.78 is 0. The molecule has 0 aromatic carbocycles. The van der Waals surface area contributed by atoms with Gasteiger partial charge in [0.15, 0.2) is 0 Å². The van der Waals surface area contributed by atoms with E-state index >= 15 is 0 Å². The van der Waals surface area contributed by atoms with Crippen molar-refractivity contribution < 1.29 is 5.11 Å². The second-order valence-corrected chi connectivity index (χ2v) is 6.47. The van der Waals surface area contributed by atoms with Gasteiger partial charge in [0.1, 0.15) is 0 Å². The number of aliphatic hydroxyl groups is 1. The Morgan fingerprint density at radius 3 is 1.70 bits per heavy atom. The Morgan fingerprint density at radius 2 is 1.30 bits per heavy atom. The van der Waals surface area contributed by atoms with Crippen molar-refractivity contribution in [2.24, 2.45) is 11.8 Å². The standard InChI is InChI=1S/C19H26O/c20-19-17(13-15-7-3-1-4-8-15)11-12-18(19)14-16-9-5-2-6-10-16/h1-3,5,13-16,19-20H,4,6-12H2/b17-13+,18-14+/t15-,16-/m0/s1. The molecular formula is C19H26O. The molecule has 20 heavy (non-hydrogen) atoms. The summed E-state index contributed by atoms with van der Waals surface area (Å²) in [5, 5.41) is 10.5. The minimum absolute atomic E-state index is 0.285. The molecule has 0 aliphatic heterocycles. The van der Waals surface area contributed by atoms with Crippen LogP contribution in [0.1, 0.15) is 51.4 Å². The van der Waals surface area contributed by atoms with Gasteiger partial charge < -0.3 is 5.11 Å². The number of hydrogen-bond donors (Lipinski definition) is 1. The fraction of sp³-hybridized carbons (Fsp3) is 0.579. The molecule has 3 aliphatic carbocycles. The zero-order valence-electron chi connectivity index (χ0n) is 12.3. The fourth-order valence-electron chi connectivity index (χ4n) is 3.69. The Morgan fingerprint density at radius 1 is 0.800 bits per heavy atom. The SMILES string of the molecule is OC1/C(=C/[C@H]2CC=CCC2)CC/C1=C\[C@H]1CC=CCC1. The van der Waals surface area contributed by atoms with Crippen molar-refractivity contribution in [2.75, 3.05) is 0 Å². The van der Waals surface area contributed by atoms with E-state index in [9.17, 15) is 5.11 Å². The van der Waals surface area contributed by atoms with Gasteiger partial charge in [0.2, 0.25) is 0 Å². The molecule has 0 spiro atoms. The summed E-state index contributed by atoms with van der Waals surface area (Å²) in [6, 6.07) is 0. The van der Waals surface area contributed by atoms with Crippen molar-refractivity contribution in [1.82, 2.24) is 0 Å². The first-order valence-electron chi connectivity index (χ1n) is 8.22. The maximum absolute atomic E-state index is 10.5. The third-order valence-electron chi connectivity index (χ3n) is 4.92. The van der Waals surface area contributed by atoms with Gasteiger partial charge in [0.25, 0.3) is 0 Å². The van der Waals surface area contributed by atoms with Gasteiger partial charge in [-0.3, -0.25) is 0 Å². The van der Waals surface area contributed by atoms with Gasteiger partial charge in [0.05, 0.1) is 6.10 Å². The largest absolute Gasteiger partial charge is 0.384 e. The zero-order valence-corrected chi connectivity index (χ0v) is 12.3. The van der Waals surface area contributed by atoms with Crippen LogP contribution in [0, 0.1) is 11.8 Å². The first kappa shape index (κ1) is 13.9. The molecule has 0 saturated heterocycles. The summed E-state index contributed by atoms with van der Waals surface area (Å²) in [7, 11) is 0. The Kier molecular flexibility index (Phi) is 4.57. The highest BCUT2D eigenvalue weighted by Gasteiger charge is 2.25. The van der Waals surface area contributed by atoms with E-state index in [2.05, 4.69) is 36.5 Å². The van der Waals surface area contributed by atoms with Crippen LogP contribution in [0.4, 0.5) is 0 Å². The zero-order chi connectivity index (χ0) is 13.8. The van der Waals surface area contributed by atoms with Gasteiger partial charge >= 0.3 is 0 Å². The average molecular weight is 270 g/mol. The Balaban J connectivity index is 1.65. The maximum atomic E-state index is 10.5. The van der Waals surface area contributed by atoms with E-state index in [1.54, 1.807) is 0 Å². The van der Waals surface area contributed by atoms with Gasteiger partial charge in [0, 0.05) is 0 Å². The molecule has 0 radical (unpaired) electrons. The molecule has 0 aromatic rings. The normalized spacial score (nSPS) is 38.0. The molecule has 1 heteroatoms. The first-order chi connectivity index (χ1) is 9.83. The highest BCUT2D eigenvalue weighted by molar-refractivity contribution is 5.32. The molecule has 1 N–H and O–H groups in total. The van der Waals surface area contributed by atoms with Gasteiger partial charge in [-0.1, -0.05) is 36.5 Å². The van der Waals surface area contributed by atoms with E-state index in [0.717, 1.165) is 25.7 Å². The smallest absolute Gasteiger partial charge is 0.0961 e. The third kappa shape index (κ3) is 3.32. The number of aliphatic hydroxyl groups excluding tert-OH is 1. The number of hydrogen-bond acceptors (Lipinski definition) is 1. The average Bonchev–Trinajstić information content (AvgIpc) is 2.83. The number of allylic oxidation sites excluding steroid dienone is 6. The monoisotopic (exact) mass is 270 g/mol. The molecule has 1 nitrogen and oxygen atoms in total. The predicted molar refractivity (Wildman–Crippen MR) is 84.4 cm³/mol. The minimum Gasteiger partial charge on any atom is -0.384 e. The molecule has 1 fully saturated rings. The Bertz CT molecular complexity index is 410. The number of rotatable bonds is 2. The molecule has 0 bridgehead atoms. The summed E-state index contributed by atoms with van der Waals surface area (Å²) in [6.07, 6.45) is 22.9. The summed E-state index contributed by atoms with van der Waals surface area (Å²) in [6.45, 7) is 0. The fourth-order valence-corrected chi connectivity index (χ4v) is 3.69. The van der Waals surface area contributed by atoms with Crippen LogP contribution >= 0.6 is 0 Å². The van der Waals surface area contributed by atoms with Crippen LogP contribution in [0.2, 0.25) is 0 Å². The van der Waals surface area contributed by atoms with Gasteiger partial charge in [-0.05, 0) is 74.3 Å². The molecule has 1 saturated carbocycles. The van der Waals surface area contributed by atoms with Crippen molar-refractivity contribution in [3.8, 4) is 0 Å². The molecule has 0 unspecified atom stereocenters. The first-order valence-corrected chi connectivity index (χ1v) is 8.22. The van der Waals surface area contributed by atoms with E-state index in [-0.39, 0.29) is 6.10 Å². The van der Waals surface area contributed by atoms with Crippen LogP contribution in [0.3, 0.4) is 0 Å². The molecule has 0 heterocycles. The van der Waals surface area contributed by atoms with Crippen LogP contribution in [0.25, 0.3) is 0 Å². The van der Waals surface area contributed by atoms with Gasteiger partial charge in [-0.25, -0.2) is 0 Å². The van der Waals surface area contributed by atoms with Crippen LogP contribution in [-0.2, 0) is 0 Å². The van der Waals surface area contributed by atoms with Crippen molar-refractivity contribution in [3.63, 3.8) is 0 Å². The molecule has 0 amide bonds. The Labute approximate surface area is 122 Å². The van der Waals surface area contributed by atoms with Gasteiger partial charge in [-0.15, -0.1) is 0 Å². The molecule has 108 valence electrons. The van der Waals surface area contributed by atoms with Crippen LogP contribution < -0.4 is 0 Å². The topological polar surface area (TPSA) is 20.2 Å². The lowest BCUT2D eigenvalue weighted by Crippen LogP contribution is -2.10. The van der Waals surface area contributed by atoms with Crippen molar-refractivity contribution in [1.29, 1.82) is 0 Å². The van der Waals surface area contributed by atoms with E-state index in [0.29, 0.717) is 11.8 Å². The quantitative estimate of drug-likeness (QED) is 0.721. The maximum Gasteiger partial charge on any atom is 0.0961 e. The molecule has 3 rings (SSSR count). The van der Waals surface area contributed by atoms with E-state index < -0.39 is 0 Å². The van der Waals surface area contributed by atoms with E-state index in [1.165, 1.54) is 36.8 Å². The molecule has 2 atom stereocenters. The predicted octanol–water partition coefficient (Wildman–Crippen LogP) is 4.71. The van der Waals surface area contributed by atoms with Gasteiger partial charge in [-0.2, -0.15) is 0 Å². The third-order valence-corrected chi connectivity index (χ3v) is 4.92. The summed E-state index contributed by atoms with van der Waals surface area (Å²) >= 11 is 0. The Hall–Kier alpha value is -1.08. The lowest BCUT2D eigenvalue weighted by Gasteiger charge is -2.17. The second kappa shape index (κ2) is 6.58. The highest BCUT2D eigenvalue weighted by Crippen LogP contribution is 2.35. The van der Waals surface area contributed by atoms with Crippen LogP contribution in [0.5, 0.6) is 0 Å². The highest BCUT2D eigenvalue weighted by atomic mass is 16.3. The van der Waals surface area contributed by atoms with Crippen molar-refractivity contribution in [2.45, 2.75) is 57.5 Å². The lowest BCUT2D eigenvalue weighted by atomic mass is 9.90. The van der Waals surface area contributed by atoms with Crippen molar-refractivity contribution in [3.05, 3.63) is 47.6 Å².